The molecule has 0 saturated carbocycles. The van der Waals surface area contributed by atoms with Gasteiger partial charge in [0.2, 0.25) is 5.95 Å². The molecule has 2 N–H and O–H groups in total. The van der Waals surface area contributed by atoms with Gasteiger partial charge < -0.3 is 10.6 Å². The summed E-state index contributed by atoms with van der Waals surface area (Å²) in [4.78, 5) is 9.19. The van der Waals surface area contributed by atoms with Crippen LogP contribution in [0.1, 0.15) is 25.3 Å². The first-order valence-corrected chi connectivity index (χ1v) is 7.94. The largest absolute Gasteiger partial charge is 0.354 e. The number of nitrogens with zero attached hydrogens (tertiary/aromatic N) is 4. The van der Waals surface area contributed by atoms with Crippen LogP contribution in [0.15, 0.2) is 30.5 Å². The monoisotopic (exact) mass is 310 g/mol. The van der Waals surface area contributed by atoms with E-state index >= 15 is 0 Å². The quantitative estimate of drug-likeness (QED) is 0.681. The summed E-state index contributed by atoms with van der Waals surface area (Å²) in [5.41, 5.74) is 3.02. The molecule has 0 aliphatic heterocycles. The molecule has 0 radical (unpaired) electrons. The molecule has 23 heavy (non-hydrogen) atoms. The van der Waals surface area contributed by atoms with Gasteiger partial charge in [-0.05, 0) is 31.0 Å². The smallest absolute Gasteiger partial charge is 0.226 e. The van der Waals surface area contributed by atoms with Crippen molar-refractivity contribution in [3.8, 4) is 0 Å². The average molecular weight is 310 g/mol. The van der Waals surface area contributed by atoms with Crippen LogP contribution in [-0.2, 0) is 7.05 Å². The van der Waals surface area contributed by atoms with Gasteiger partial charge in [0, 0.05) is 19.3 Å². The highest BCUT2D eigenvalue weighted by Gasteiger charge is 2.11. The number of nitrogens with one attached hydrogen (secondary N) is 2. The van der Waals surface area contributed by atoms with Gasteiger partial charge in [0.15, 0.2) is 5.65 Å². The van der Waals surface area contributed by atoms with Crippen molar-refractivity contribution in [3.05, 3.63) is 36.0 Å². The summed E-state index contributed by atoms with van der Waals surface area (Å²) in [6.07, 6.45) is 4.02. The lowest BCUT2D eigenvalue weighted by molar-refractivity contribution is 0.783. The number of benzene rings is 1. The van der Waals surface area contributed by atoms with E-state index in [1.54, 1.807) is 10.9 Å². The Morgan fingerprint density at radius 2 is 2.09 bits per heavy atom. The summed E-state index contributed by atoms with van der Waals surface area (Å²) in [6, 6.07) is 8.22. The van der Waals surface area contributed by atoms with Crippen LogP contribution in [0.4, 0.5) is 17.5 Å². The zero-order chi connectivity index (χ0) is 16.2. The first-order chi connectivity index (χ1) is 11.2. The standard InChI is InChI=1S/C17H22N6/c1-4-5-9-18-17-21-15(14-11-19-23(3)16(14)22-17)20-13-8-6-7-12(2)10-13/h6-8,10-11H,4-5,9H2,1-3H3,(H2,18,20,21,22). The van der Waals surface area contributed by atoms with E-state index in [4.69, 9.17) is 0 Å². The van der Waals surface area contributed by atoms with Crippen molar-refractivity contribution < 1.29 is 0 Å². The molecule has 3 aromatic rings. The molecule has 0 amide bonds. The van der Waals surface area contributed by atoms with E-state index < -0.39 is 0 Å². The maximum atomic E-state index is 4.62. The van der Waals surface area contributed by atoms with Gasteiger partial charge in [-0.25, -0.2) is 0 Å². The van der Waals surface area contributed by atoms with Crippen LogP contribution in [-0.4, -0.2) is 26.3 Å². The Kier molecular flexibility index (Phi) is 4.41. The lowest BCUT2D eigenvalue weighted by Crippen LogP contribution is -2.08. The Labute approximate surface area is 136 Å². The molecule has 0 unspecified atom stereocenters. The minimum absolute atomic E-state index is 0.629. The molecule has 3 rings (SSSR count). The van der Waals surface area contributed by atoms with Gasteiger partial charge in [-0.1, -0.05) is 25.5 Å². The lowest BCUT2D eigenvalue weighted by atomic mass is 10.2. The minimum Gasteiger partial charge on any atom is -0.354 e. The highest BCUT2D eigenvalue weighted by molar-refractivity contribution is 5.89. The van der Waals surface area contributed by atoms with Crippen LogP contribution in [0.3, 0.4) is 0 Å². The van der Waals surface area contributed by atoms with Crippen LogP contribution in [0, 0.1) is 6.92 Å². The van der Waals surface area contributed by atoms with Crippen LogP contribution in [0.25, 0.3) is 11.0 Å². The van der Waals surface area contributed by atoms with Gasteiger partial charge in [-0.2, -0.15) is 15.1 Å². The molecule has 6 nitrogen and oxygen atoms in total. The summed E-state index contributed by atoms with van der Waals surface area (Å²) < 4.78 is 1.77. The number of unbranched alkanes of at least 4 members (excludes halogenated alkanes) is 1. The summed E-state index contributed by atoms with van der Waals surface area (Å²) in [5.74, 6) is 1.40. The SMILES string of the molecule is CCCCNc1nc(Nc2cccc(C)c2)c2cnn(C)c2n1. The van der Waals surface area contributed by atoms with Crippen molar-refractivity contribution in [1.29, 1.82) is 0 Å². The van der Waals surface area contributed by atoms with Crippen molar-refractivity contribution >= 4 is 28.5 Å². The van der Waals surface area contributed by atoms with E-state index in [0.717, 1.165) is 41.9 Å². The normalized spacial score (nSPS) is 10.9. The van der Waals surface area contributed by atoms with Crippen molar-refractivity contribution in [2.75, 3.05) is 17.2 Å². The fraction of sp³-hybridized carbons (Fsp3) is 0.353. The molecule has 1 aromatic carbocycles. The van der Waals surface area contributed by atoms with Gasteiger partial charge in [-0.3, -0.25) is 4.68 Å². The first-order valence-electron chi connectivity index (χ1n) is 7.94. The Hall–Kier alpha value is -2.63. The molecular formula is C17H22N6. The zero-order valence-electron chi connectivity index (χ0n) is 13.8. The second kappa shape index (κ2) is 6.64. The minimum atomic E-state index is 0.629. The molecule has 6 heteroatoms. The fourth-order valence-electron chi connectivity index (χ4n) is 2.43. The topological polar surface area (TPSA) is 67.7 Å². The average Bonchev–Trinajstić information content (AvgIpc) is 2.90. The number of aryl methyl sites for hydroxylation is 2. The molecule has 0 aliphatic carbocycles. The highest BCUT2D eigenvalue weighted by atomic mass is 15.3. The summed E-state index contributed by atoms with van der Waals surface area (Å²) >= 11 is 0. The number of hydrogen-bond donors (Lipinski definition) is 2. The van der Waals surface area contributed by atoms with Crippen molar-refractivity contribution in [2.45, 2.75) is 26.7 Å². The zero-order valence-corrected chi connectivity index (χ0v) is 13.8. The molecule has 0 fully saturated rings. The molecule has 0 saturated heterocycles. The van der Waals surface area contributed by atoms with E-state index in [-0.39, 0.29) is 0 Å². The third-order valence-electron chi connectivity index (χ3n) is 3.69. The number of aromatic nitrogens is 4. The molecule has 2 heterocycles. The summed E-state index contributed by atoms with van der Waals surface area (Å²) in [6.45, 7) is 5.10. The van der Waals surface area contributed by atoms with Crippen molar-refractivity contribution in [3.63, 3.8) is 0 Å². The van der Waals surface area contributed by atoms with E-state index in [1.165, 1.54) is 5.56 Å². The predicted molar refractivity (Wildman–Crippen MR) is 94.2 cm³/mol. The highest BCUT2D eigenvalue weighted by Crippen LogP contribution is 2.25. The molecule has 2 aromatic heterocycles. The molecule has 0 bridgehead atoms. The number of rotatable bonds is 6. The predicted octanol–water partition coefficient (Wildman–Crippen LogP) is 3.63. The second-order valence-corrected chi connectivity index (χ2v) is 5.68. The molecule has 0 atom stereocenters. The number of hydrogen-bond acceptors (Lipinski definition) is 5. The number of anilines is 3. The molecule has 120 valence electrons. The Bertz CT molecular complexity index is 808. The molecule has 0 aliphatic rings. The van der Waals surface area contributed by atoms with E-state index in [9.17, 15) is 0 Å². The summed E-state index contributed by atoms with van der Waals surface area (Å²) in [5, 5.41) is 11.9. The third-order valence-corrected chi connectivity index (χ3v) is 3.69. The summed E-state index contributed by atoms with van der Waals surface area (Å²) in [7, 11) is 1.89. The van der Waals surface area contributed by atoms with Gasteiger partial charge in [-0.15, -0.1) is 0 Å². The Morgan fingerprint density at radius 3 is 2.87 bits per heavy atom. The number of fused-ring (bicyclic) bond motifs is 1. The lowest BCUT2D eigenvalue weighted by Gasteiger charge is -2.10. The van der Waals surface area contributed by atoms with Crippen LogP contribution in [0.2, 0.25) is 0 Å². The maximum absolute atomic E-state index is 4.62. The Balaban J connectivity index is 1.96. The van der Waals surface area contributed by atoms with E-state index in [2.05, 4.69) is 51.7 Å². The first kappa shape index (κ1) is 15.3. The van der Waals surface area contributed by atoms with Gasteiger partial charge in [0.25, 0.3) is 0 Å². The maximum Gasteiger partial charge on any atom is 0.226 e. The second-order valence-electron chi connectivity index (χ2n) is 5.68. The van der Waals surface area contributed by atoms with Crippen molar-refractivity contribution in [1.82, 2.24) is 19.7 Å². The van der Waals surface area contributed by atoms with Crippen molar-refractivity contribution in [2.24, 2.45) is 7.05 Å². The fourth-order valence-corrected chi connectivity index (χ4v) is 2.43. The van der Waals surface area contributed by atoms with Gasteiger partial charge in [0.05, 0.1) is 11.6 Å². The van der Waals surface area contributed by atoms with Gasteiger partial charge in [0.1, 0.15) is 5.82 Å². The van der Waals surface area contributed by atoms with Crippen LogP contribution >= 0.6 is 0 Å². The molecular weight excluding hydrogens is 288 g/mol. The molecule has 0 spiro atoms. The third kappa shape index (κ3) is 3.41. The van der Waals surface area contributed by atoms with Crippen LogP contribution in [0.5, 0.6) is 0 Å². The van der Waals surface area contributed by atoms with E-state index in [1.807, 2.05) is 19.2 Å². The van der Waals surface area contributed by atoms with E-state index in [0.29, 0.717) is 5.95 Å². The van der Waals surface area contributed by atoms with Gasteiger partial charge >= 0.3 is 0 Å². The van der Waals surface area contributed by atoms with Crippen LogP contribution < -0.4 is 10.6 Å². The Morgan fingerprint density at radius 1 is 1.22 bits per heavy atom.